The van der Waals surface area contributed by atoms with Crippen LogP contribution in [-0.2, 0) is 6.54 Å². The number of nitrogens with zero attached hydrogens (tertiary/aromatic N) is 2. The zero-order valence-corrected chi connectivity index (χ0v) is 12.9. The number of nitriles is 1. The van der Waals surface area contributed by atoms with Crippen LogP contribution in [0.4, 0.5) is 5.69 Å². The fraction of sp³-hybridized carbons (Fsp3) is 0.611. The Morgan fingerprint density at radius 1 is 1.19 bits per heavy atom. The molecule has 3 heteroatoms. The van der Waals surface area contributed by atoms with Gasteiger partial charge in [-0.15, -0.1) is 0 Å². The average Bonchev–Trinajstić information content (AvgIpc) is 3.40. The van der Waals surface area contributed by atoms with Crippen LogP contribution in [0.1, 0.15) is 43.7 Å². The summed E-state index contributed by atoms with van der Waals surface area (Å²) in [4.78, 5) is 2.48. The molecule has 0 bridgehead atoms. The lowest BCUT2D eigenvalue weighted by atomic mass is 10.1. The van der Waals surface area contributed by atoms with E-state index in [4.69, 9.17) is 0 Å². The largest absolute Gasteiger partial charge is 0.370 e. The quantitative estimate of drug-likeness (QED) is 0.795. The highest BCUT2D eigenvalue weighted by Crippen LogP contribution is 2.36. The number of hydrogen-bond donors (Lipinski definition) is 1. The summed E-state index contributed by atoms with van der Waals surface area (Å²) in [6, 6.07) is 8.81. The Morgan fingerprint density at radius 3 is 2.38 bits per heavy atom. The standard InChI is InChI=1S/C18H25N3/c1-2-20-11-16-7-8-18(17(9-16)10-19)21(12-14-3-4-14)13-15-5-6-15/h7-9,14-15,20H,2-6,11-13H2,1H3. The summed E-state index contributed by atoms with van der Waals surface area (Å²) in [5.41, 5.74) is 3.19. The zero-order valence-electron chi connectivity index (χ0n) is 12.9. The van der Waals surface area contributed by atoms with Crippen LogP contribution < -0.4 is 10.2 Å². The Labute approximate surface area is 128 Å². The average molecular weight is 283 g/mol. The van der Waals surface area contributed by atoms with E-state index in [1.165, 1.54) is 31.2 Å². The molecule has 3 nitrogen and oxygen atoms in total. The second kappa shape index (κ2) is 6.49. The first-order chi connectivity index (χ1) is 10.3. The van der Waals surface area contributed by atoms with Gasteiger partial charge in [0.1, 0.15) is 6.07 Å². The molecule has 0 aliphatic heterocycles. The Morgan fingerprint density at radius 2 is 1.86 bits per heavy atom. The van der Waals surface area contributed by atoms with E-state index in [0.717, 1.165) is 49.3 Å². The van der Waals surface area contributed by atoms with Crippen molar-refractivity contribution in [3.8, 4) is 6.07 Å². The Kier molecular flexibility index (Phi) is 4.45. The first kappa shape index (κ1) is 14.4. The first-order valence-electron chi connectivity index (χ1n) is 8.28. The number of nitrogens with one attached hydrogen (secondary N) is 1. The van der Waals surface area contributed by atoms with Gasteiger partial charge in [0, 0.05) is 19.6 Å². The number of benzene rings is 1. The molecule has 0 aromatic heterocycles. The van der Waals surface area contributed by atoms with Gasteiger partial charge in [0.15, 0.2) is 0 Å². The van der Waals surface area contributed by atoms with Crippen molar-refractivity contribution in [3.63, 3.8) is 0 Å². The maximum absolute atomic E-state index is 9.52. The lowest BCUT2D eigenvalue weighted by Crippen LogP contribution is -2.28. The summed E-state index contributed by atoms with van der Waals surface area (Å²) in [5.74, 6) is 1.72. The van der Waals surface area contributed by atoms with Crippen LogP contribution in [-0.4, -0.2) is 19.6 Å². The molecule has 2 fully saturated rings. The van der Waals surface area contributed by atoms with Gasteiger partial charge in [-0.3, -0.25) is 0 Å². The summed E-state index contributed by atoms with van der Waals surface area (Å²) in [7, 11) is 0. The first-order valence-corrected chi connectivity index (χ1v) is 8.28. The van der Waals surface area contributed by atoms with Gasteiger partial charge in [0.25, 0.3) is 0 Å². The normalized spacial score (nSPS) is 17.5. The van der Waals surface area contributed by atoms with Gasteiger partial charge >= 0.3 is 0 Å². The van der Waals surface area contributed by atoms with E-state index >= 15 is 0 Å². The molecule has 112 valence electrons. The Bertz CT molecular complexity index is 510. The van der Waals surface area contributed by atoms with Crippen LogP contribution in [0.5, 0.6) is 0 Å². The smallest absolute Gasteiger partial charge is 0.101 e. The maximum atomic E-state index is 9.52. The fourth-order valence-electron chi connectivity index (χ4n) is 2.82. The summed E-state index contributed by atoms with van der Waals surface area (Å²) in [5, 5.41) is 12.8. The second-order valence-corrected chi connectivity index (χ2v) is 6.54. The Balaban J connectivity index is 1.77. The molecule has 1 N–H and O–H groups in total. The van der Waals surface area contributed by atoms with E-state index in [1.807, 2.05) is 0 Å². The van der Waals surface area contributed by atoms with Crippen molar-refractivity contribution in [3.05, 3.63) is 29.3 Å². The summed E-state index contributed by atoms with van der Waals surface area (Å²) < 4.78 is 0. The molecular weight excluding hydrogens is 258 g/mol. The van der Waals surface area contributed by atoms with Crippen molar-refractivity contribution >= 4 is 5.69 Å². The molecule has 2 saturated carbocycles. The lowest BCUT2D eigenvalue weighted by Gasteiger charge is -2.26. The van der Waals surface area contributed by atoms with Gasteiger partial charge in [-0.1, -0.05) is 13.0 Å². The third kappa shape index (κ3) is 3.98. The second-order valence-electron chi connectivity index (χ2n) is 6.54. The molecule has 2 aliphatic carbocycles. The molecule has 0 heterocycles. The van der Waals surface area contributed by atoms with Crippen molar-refractivity contribution in [1.82, 2.24) is 5.32 Å². The van der Waals surface area contributed by atoms with E-state index in [9.17, 15) is 5.26 Å². The van der Waals surface area contributed by atoms with Crippen LogP contribution in [0, 0.1) is 23.2 Å². The number of hydrogen-bond acceptors (Lipinski definition) is 3. The highest BCUT2D eigenvalue weighted by molar-refractivity contribution is 5.60. The fourth-order valence-corrected chi connectivity index (χ4v) is 2.82. The van der Waals surface area contributed by atoms with Gasteiger partial charge in [-0.05, 0) is 61.8 Å². The highest BCUT2D eigenvalue weighted by Gasteiger charge is 2.30. The minimum Gasteiger partial charge on any atom is -0.370 e. The van der Waals surface area contributed by atoms with E-state index in [0.29, 0.717) is 0 Å². The van der Waals surface area contributed by atoms with Crippen molar-refractivity contribution in [1.29, 1.82) is 5.26 Å². The molecule has 0 spiro atoms. The third-order valence-corrected chi connectivity index (χ3v) is 4.45. The van der Waals surface area contributed by atoms with Crippen molar-refractivity contribution in [2.75, 3.05) is 24.5 Å². The monoisotopic (exact) mass is 283 g/mol. The predicted molar refractivity (Wildman–Crippen MR) is 86.2 cm³/mol. The maximum Gasteiger partial charge on any atom is 0.101 e. The molecular formula is C18H25N3. The van der Waals surface area contributed by atoms with Crippen molar-refractivity contribution in [2.24, 2.45) is 11.8 Å². The third-order valence-electron chi connectivity index (χ3n) is 4.45. The number of rotatable bonds is 8. The van der Waals surface area contributed by atoms with Gasteiger partial charge < -0.3 is 10.2 Å². The van der Waals surface area contributed by atoms with Crippen LogP contribution >= 0.6 is 0 Å². The molecule has 0 atom stereocenters. The van der Waals surface area contributed by atoms with E-state index in [2.05, 4.69) is 41.4 Å². The predicted octanol–water partition coefficient (Wildman–Crippen LogP) is 3.29. The zero-order chi connectivity index (χ0) is 14.7. The lowest BCUT2D eigenvalue weighted by molar-refractivity contribution is 0.678. The van der Waals surface area contributed by atoms with Crippen LogP contribution in [0.3, 0.4) is 0 Å². The van der Waals surface area contributed by atoms with Gasteiger partial charge in [-0.25, -0.2) is 0 Å². The SMILES string of the molecule is CCNCc1ccc(N(CC2CC2)CC2CC2)c(C#N)c1. The van der Waals surface area contributed by atoms with Crippen LogP contribution in [0.25, 0.3) is 0 Å². The number of anilines is 1. The molecule has 1 aromatic rings. The highest BCUT2D eigenvalue weighted by atomic mass is 15.1. The minimum atomic E-state index is 0.840. The van der Waals surface area contributed by atoms with Gasteiger partial charge in [0.2, 0.25) is 0 Å². The van der Waals surface area contributed by atoms with Crippen LogP contribution in [0.15, 0.2) is 18.2 Å². The van der Waals surface area contributed by atoms with E-state index < -0.39 is 0 Å². The molecule has 3 rings (SSSR count). The van der Waals surface area contributed by atoms with Gasteiger partial charge in [0.05, 0.1) is 11.3 Å². The molecule has 1 aromatic carbocycles. The topological polar surface area (TPSA) is 39.1 Å². The van der Waals surface area contributed by atoms with E-state index in [1.54, 1.807) is 0 Å². The molecule has 0 unspecified atom stereocenters. The van der Waals surface area contributed by atoms with Crippen molar-refractivity contribution in [2.45, 2.75) is 39.2 Å². The summed E-state index contributed by atoms with van der Waals surface area (Å²) in [6.07, 6.45) is 5.45. The van der Waals surface area contributed by atoms with E-state index in [-0.39, 0.29) is 0 Å². The molecule has 0 saturated heterocycles. The Hall–Kier alpha value is -1.53. The van der Waals surface area contributed by atoms with Crippen LogP contribution in [0.2, 0.25) is 0 Å². The molecule has 0 radical (unpaired) electrons. The van der Waals surface area contributed by atoms with Crippen molar-refractivity contribution < 1.29 is 0 Å². The van der Waals surface area contributed by atoms with Gasteiger partial charge in [-0.2, -0.15) is 5.26 Å². The molecule has 0 amide bonds. The minimum absolute atomic E-state index is 0.840. The molecule has 2 aliphatic rings. The summed E-state index contributed by atoms with van der Waals surface area (Å²) in [6.45, 7) is 6.18. The molecule has 21 heavy (non-hydrogen) atoms. The summed E-state index contributed by atoms with van der Waals surface area (Å²) >= 11 is 0.